The Morgan fingerprint density at radius 2 is 1.91 bits per heavy atom. The predicted molar refractivity (Wildman–Crippen MR) is 135 cm³/mol. The highest BCUT2D eigenvalue weighted by molar-refractivity contribution is 5.96. The lowest BCUT2D eigenvalue weighted by atomic mass is 9.42. The molecule has 1 aromatic carbocycles. The smallest absolute Gasteiger partial charge is 0.265 e. The second-order valence-corrected chi connectivity index (χ2v) is 10.2. The third-order valence-corrected chi connectivity index (χ3v) is 7.53. The molecule has 3 aliphatic rings. The molecule has 9 nitrogen and oxygen atoms in total. The highest BCUT2D eigenvalue weighted by Gasteiger charge is 2.65. The molecule has 2 bridgehead atoms. The van der Waals surface area contributed by atoms with Gasteiger partial charge in [0, 0.05) is 37.9 Å². The Balaban J connectivity index is 1.47. The molecule has 6 rings (SSSR count). The molecular formula is C26H32N6O3. The van der Waals surface area contributed by atoms with E-state index >= 15 is 0 Å². The molecule has 2 heterocycles. The zero-order valence-electron chi connectivity index (χ0n) is 20.9. The number of carbonyl (C=O) groups excluding carboxylic acids is 1. The second-order valence-electron chi connectivity index (χ2n) is 10.2. The van der Waals surface area contributed by atoms with Crippen molar-refractivity contribution < 1.29 is 9.53 Å². The van der Waals surface area contributed by atoms with Gasteiger partial charge in [-0.25, -0.2) is 4.98 Å². The highest BCUT2D eigenvalue weighted by atomic mass is 16.5. The predicted octanol–water partition coefficient (Wildman–Crippen LogP) is 2.93. The van der Waals surface area contributed by atoms with Crippen LogP contribution in [0, 0.1) is 11.8 Å². The average Bonchev–Trinajstić information content (AvgIpc) is 2.80. The number of aromatic nitrogens is 3. The fraction of sp³-hybridized carbons (Fsp3) is 0.462. The summed E-state index contributed by atoms with van der Waals surface area (Å²) in [6.07, 6.45) is 3.58. The summed E-state index contributed by atoms with van der Waals surface area (Å²) in [5, 5.41) is 3.92. The molecule has 9 heteroatoms. The highest BCUT2D eigenvalue weighted by Crippen LogP contribution is 2.66. The van der Waals surface area contributed by atoms with Gasteiger partial charge in [0.05, 0.1) is 5.54 Å². The molecule has 1 atom stereocenters. The van der Waals surface area contributed by atoms with Gasteiger partial charge >= 0.3 is 0 Å². The summed E-state index contributed by atoms with van der Waals surface area (Å²) in [5.41, 5.74) is 1.01. The minimum atomic E-state index is -0.306. The van der Waals surface area contributed by atoms with Gasteiger partial charge < -0.3 is 19.9 Å². The Labute approximate surface area is 204 Å². The van der Waals surface area contributed by atoms with Gasteiger partial charge in [-0.1, -0.05) is 6.92 Å². The number of benzene rings is 1. The van der Waals surface area contributed by atoms with Crippen molar-refractivity contribution in [2.24, 2.45) is 11.8 Å². The van der Waals surface area contributed by atoms with Gasteiger partial charge in [0.15, 0.2) is 0 Å². The quantitative estimate of drug-likeness (QED) is 0.534. The summed E-state index contributed by atoms with van der Waals surface area (Å²) in [6, 6.07) is 9.24. The molecule has 0 saturated heterocycles. The first-order valence-electron chi connectivity index (χ1n) is 12.0. The van der Waals surface area contributed by atoms with Crippen LogP contribution in [0.5, 0.6) is 5.75 Å². The number of anilines is 2. The van der Waals surface area contributed by atoms with Gasteiger partial charge in [0.25, 0.3) is 11.5 Å². The van der Waals surface area contributed by atoms with E-state index in [4.69, 9.17) is 9.72 Å². The number of pyridine rings is 1. The molecule has 1 amide bonds. The van der Waals surface area contributed by atoms with E-state index in [0.29, 0.717) is 35.4 Å². The Kier molecular flexibility index (Phi) is 5.75. The van der Waals surface area contributed by atoms with E-state index in [1.54, 1.807) is 30.9 Å². The van der Waals surface area contributed by atoms with Gasteiger partial charge in [-0.3, -0.25) is 14.2 Å². The first kappa shape index (κ1) is 23.3. The molecule has 3 fully saturated rings. The first-order chi connectivity index (χ1) is 16.7. The summed E-state index contributed by atoms with van der Waals surface area (Å²) in [5.74, 6) is 1.92. The number of nitrogens with one attached hydrogen (secondary N) is 1. The summed E-state index contributed by atoms with van der Waals surface area (Å²) in [4.78, 5) is 39.1. The molecule has 0 radical (unpaired) electrons. The van der Waals surface area contributed by atoms with E-state index in [2.05, 4.69) is 22.1 Å². The number of hydrogen-bond donors (Lipinski definition) is 1. The van der Waals surface area contributed by atoms with Crippen LogP contribution in [0.2, 0.25) is 0 Å². The molecular weight excluding hydrogens is 444 g/mol. The molecule has 3 saturated carbocycles. The molecule has 35 heavy (non-hydrogen) atoms. The van der Waals surface area contributed by atoms with E-state index in [1.165, 1.54) is 4.90 Å². The topological polar surface area (TPSA) is 92.6 Å². The summed E-state index contributed by atoms with van der Waals surface area (Å²) < 4.78 is 7.53. The number of ether oxygens (including phenoxy) is 1. The molecule has 3 aliphatic carbocycles. The Hall–Kier alpha value is -3.46. The lowest BCUT2D eigenvalue weighted by Gasteiger charge is -2.68. The van der Waals surface area contributed by atoms with Crippen molar-refractivity contribution >= 4 is 28.6 Å². The van der Waals surface area contributed by atoms with Crippen LogP contribution in [0.15, 0.2) is 41.3 Å². The van der Waals surface area contributed by atoms with Crippen molar-refractivity contribution in [2.75, 3.05) is 46.7 Å². The van der Waals surface area contributed by atoms with Crippen molar-refractivity contribution in [1.82, 2.24) is 24.3 Å². The number of amides is 1. The Bertz CT molecular complexity index is 1330. The fourth-order valence-electron chi connectivity index (χ4n) is 5.15. The monoisotopic (exact) mass is 476 g/mol. The minimum Gasteiger partial charge on any atom is -0.492 e. The van der Waals surface area contributed by atoms with Crippen LogP contribution in [0.1, 0.15) is 30.1 Å². The summed E-state index contributed by atoms with van der Waals surface area (Å²) >= 11 is 0. The van der Waals surface area contributed by atoms with Crippen LogP contribution < -0.4 is 15.6 Å². The molecule has 2 aromatic heterocycles. The third kappa shape index (κ3) is 3.93. The summed E-state index contributed by atoms with van der Waals surface area (Å²) in [6.45, 7) is 3.64. The van der Waals surface area contributed by atoms with Gasteiger partial charge in [-0.15, -0.1) is 0 Å². The average molecular weight is 477 g/mol. The third-order valence-electron chi connectivity index (χ3n) is 7.53. The number of fused-ring (bicyclic) bond motifs is 1. The molecule has 1 N–H and O–H groups in total. The molecule has 0 spiro atoms. The van der Waals surface area contributed by atoms with Crippen LogP contribution in [-0.4, -0.2) is 71.6 Å². The van der Waals surface area contributed by atoms with E-state index in [-0.39, 0.29) is 22.6 Å². The van der Waals surface area contributed by atoms with Crippen LogP contribution in [-0.2, 0) is 5.54 Å². The van der Waals surface area contributed by atoms with Crippen molar-refractivity contribution in [3.05, 3.63) is 52.4 Å². The second kappa shape index (κ2) is 8.64. The van der Waals surface area contributed by atoms with E-state index < -0.39 is 0 Å². The number of likely N-dealkylation sites (N-methyl/N-ethyl adjacent to an activating group) is 1. The maximum Gasteiger partial charge on any atom is 0.265 e. The maximum absolute atomic E-state index is 13.6. The Morgan fingerprint density at radius 3 is 2.49 bits per heavy atom. The minimum absolute atomic E-state index is 0.161. The van der Waals surface area contributed by atoms with Crippen molar-refractivity contribution in [1.29, 1.82) is 0 Å². The van der Waals surface area contributed by atoms with Crippen LogP contribution in [0.25, 0.3) is 11.0 Å². The van der Waals surface area contributed by atoms with Crippen LogP contribution in [0.3, 0.4) is 0 Å². The zero-order chi connectivity index (χ0) is 24.9. The SMILES string of the molecule is C[C@@H]1C2CC1(n1c(=O)c(C(=O)N(C)C)cc3cnc(Nc4ccc(OCCN(C)C)cc4)nc31)C2. The van der Waals surface area contributed by atoms with Crippen molar-refractivity contribution in [2.45, 2.75) is 25.3 Å². The van der Waals surface area contributed by atoms with E-state index in [0.717, 1.165) is 30.8 Å². The fourth-order valence-corrected chi connectivity index (χ4v) is 5.15. The normalized spacial score (nSPS) is 22.5. The maximum atomic E-state index is 13.6. The van der Waals surface area contributed by atoms with E-state index in [9.17, 15) is 9.59 Å². The van der Waals surface area contributed by atoms with Crippen LogP contribution >= 0.6 is 0 Å². The van der Waals surface area contributed by atoms with Crippen LogP contribution in [0.4, 0.5) is 11.6 Å². The molecule has 3 aromatic rings. The zero-order valence-corrected chi connectivity index (χ0v) is 20.9. The number of nitrogens with zero attached hydrogens (tertiary/aromatic N) is 5. The molecule has 0 aliphatic heterocycles. The number of carbonyl (C=O) groups is 1. The molecule has 184 valence electrons. The number of hydrogen-bond acceptors (Lipinski definition) is 7. The van der Waals surface area contributed by atoms with Gasteiger partial charge in [0.2, 0.25) is 5.95 Å². The van der Waals surface area contributed by atoms with Gasteiger partial charge in [-0.05, 0) is 69.1 Å². The largest absolute Gasteiger partial charge is 0.492 e. The Morgan fingerprint density at radius 1 is 1.20 bits per heavy atom. The lowest BCUT2D eigenvalue weighted by molar-refractivity contribution is -0.162. The molecule has 0 unspecified atom stereocenters. The van der Waals surface area contributed by atoms with Gasteiger partial charge in [-0.2, -0.15) is 4.98 Å². The van der Waals surface area contributed by atoms with Crippen molar-refractivity contribution in [3.8, 4) is 5.75 Å². The van der Waals surface area contributed by atoms with Crippen molar-refractivity contribution in [3.63, 3.8) is 0 Å². The first-order valence-corrected chi connectivity index (χ1v) is 12.0. The standard InChI is InChI=1S/C26H32N6O3/c1-16-18-13-26(16,14-18)32-22-17(12-21(24(32)34)23(33)31(4)5)15-27-25(29-22)28-19-6-8-20(9-7-19)35-11-10-30(2)3/h6-9,12,15-16,18H,10-11,13-14H2,1-5H3,(H,27,28,29)/t16-,18?,26?/m1/s1. The number of rotatable bonds is 8. The lowest BCUT2D eigenvalue weighted by Crippen LogP contribution is -2.69. The van der Waals surface area contributed by atoms with E-state index in [1.807, 2.05) is 38.4 Å². The van der Waals surface area contributed by atoms with Gasteiger partial charge in [0.1, 0.15) is 23.6 Å². The summed E-state index contributed by atoms with van der Waals surface area (Å²) in [7, 11) is 7.33.